The van der Waals surface area contributed by atoms with Crippen LogP contribution in [0.3, 0.4) is 0 Å². The van der Waals surface area contributed by atoms with Crippen molar-refractivity contribution in [1.82, 2.24) is 14.3 Å². The average Bonchev–Trinajstić information content (AvgIpc) is 3.10. The minimum Gasteiger partial charge on any atom is -0.333 e. The van der Waals surface area contributed by atoms with Gasteiger partial charge in [-0.1, -0.05) is 53.5 Å². The molecule has 1 N–H and O–H groups in total. The molecule has 0 radical (unpaired) electrons. The Morgan fingerprint density at radius 3 is 2.54 bits per heavy atom. The largest absolute Gasteiger partial charge is 0.333 e. The van der Waals surface area contributed by atoms with Crippen LogP contribution >= 0.6 is 23.2 Å². The highest BCUT2D eigenvalue weighted by molar-refractivity contribution is 7.88. The average molecular weight is 410 g/mol. The summed E-state index contributed by atoms with van der Waals surface area (Å²) in [7, 11) is -3.49. The Kier molecular flexibility index (Phi) is 5.98. The molecule has 0 saturated heterocycles. The quantitative estimate of drug-likeness (QED) is 0.644. The van der Waals surface area contributed by atoms with Gasteiger partial charge in [-0.25, -0.2) is 18.1 Å². The maximum Gasteiger partial charge on any atom is 0.216 e. The molecule has 8 heteroatoms. The Morgan fingerprint density at radius 2 is 1.81 bits per heavy atom. The predicted octanol–water partition coefficient (Wildman–Crippen LogP) is 3.86. The molecule has 136 valence electrons. The number of hydrogen-bond acceptors (Lipinski definition) is 3. The van der Waals surface area contributed by atoms with Crippen LogP contribution in [0.15, 0.2) is 61.2 Å². The number of sulfonamides is 1. The number of rotatable bonds is 7. The first kappa shape index (κ1) is 18.9. The van der Waals surface area contributed by atoms with Gasteiger partial charge in [0.15, 0.2) is 0 Å². The van der Waals surface area contributed by atoms with Crippen molar-refractivity contribution in [2.45, 2.75) is 18.8 Å². The summed E-state index contributed by atoms with van der Waals surface area (Å²) in [6.07, 6.45) is 5.35. The van der Waals surface area contributed by atoms with E-state index < -0.39 is 10.0 Å². The first-order valence-electron chi connectivity index (χ1n) is 7.86. The molecule has 3 aromatic rings. The number of hydrogen-bond donors (Lipinski definition) is 1. The summed E-state index contributed by atoms with van der Waals surface area (Å²) in [5, 5.41) is 0.738. The zero-order chi connectivity index (χ0) is 18.6. The van der Waals surface area contributed by atoms with E-state index in [-0.39, 0.29) is 12.3 Å². The van der Waals surface area contributed by atoms with Crippen molar-refractivity contribution >= 4 is 33.2 Å². The number of nitrogens with one attached hydrogen (secondary N) is 1. The molecule has 0 fully saturated rings. The van der Waals surface area contributed by atoms with Crippen molar-refractivity contribution in [3.8, 4) is 0 Å². The second kappa shape index (κ2) is 8.22. The van der Waals surface area contributed by atoms with Crippen LogP contribution in [0.1, 0.15) is 16.7 Å². The number of halogens is 2. The van der Waals surface area contributed by atoms with E-state index in [0.717, 1.165) is 11.1 Å². The summed E-state index contributed by atoms with van der Waals surface area (Å²) in [6, 6.07) is 12.6. The van der Waals surface area contributed by atoms with Gasteiger partial charge in [0.2, 0.25) is 10.0 Å². The molecule has 0 saturated carbocycles. The van der Waals surface area contributed by atoms with E-state index in [1.807, 2.05) is 35.0 Å². The highest BCUT2D eigenvalue weighted by Crippen LogP contribution is 2.23. The topological polar surface area (TPSA) is 64.0 Å². The predicted molar refractivity (Wildman–Crippen MR) is 104 cm³/mol. The molecule has 2 aromatic carbocycles. The van der Waals surface area contributed by atoms with Gasteiger partial charge in [0, 0.05) is 25.5 Å². The lowest BCUT2D eigenvalue weighted by Crippen LogP contribution is -2.24. The summed E-state index contributed by atoms with van der Waals surface area (Å²) < 4.78 is 29.2. The van der Waals surface area contributed by atoms with Crippen LogP contribution in [-0.4, -0.2) is 18.0 Å². The van der Waals surface area contributed by atoms with Crippen LogP contribution in [0.5, 0.6) is 0 Å². The minimum absolute atomic E-state index is 0.154. The summed E-state index contributed by atoms with van der Waals surface area (Å²) >= 11 is 11.8. The highest BCUT2D eigenvalue weighted by Gasteiger charge is 2.12. The lowest BCUT2D eigenvalue weighted by atomic mass is 10.1. The van der Waals surface area contributed by atoms with Gasteiger partial charge in [0.25, 0.3) is 0 Å². The molecule has 26 heavy (non-hydrogen) atoms. The molecule has 0 aliphatic rings. The van der Waals surface area contributed by atoms with Crippen LogP contribution in [-0.2, 0) is 28.9 Å². The van der Waals surface area contributed by atoms with Crippen LogP contribution < -0.4 is 4.72 Å². The van der Waals surface area contributed by atoms with Crippen LogP contribution in [0.4, 0.5) is 0 Å². The van der Waals surface area contributed by atoms with Crippen molar-refractivity contribution < 1.29 is 8.42 Å². The molecule has 0 bridgehead atoms. The molecule has 0 atom stereocenters. The molecule has 1 heterocycles. The summed E-state index contributed by atoms with van der Waals surface area (Å²) in [5.74, 6) is -0.154. The number of benzene rings is 2. The monoisotopic (exact) mass is 409 g/mol. The first-order chi connectivity index (χ1) is 12.4. The molecule has 0 spiro atoms. The number of imidazole rings is 1. The van der Waals surface area contributed by atoms with Crippen molar-refractivity contribution in [3.63, 3.8) is 0 Å². The Labute approximate surface area is 162 Å². The second-order valence-electron chi connectivity index (χ2n) is 5.88. The number of nitrogens with zero attached hydrogens (tertiary/aromatic N) is 2. The van der Waals surface area contributed by atoms with Crippen LogP contribution in [0, 0.1) is 0 Å². The van der Waals surface area contributed by atoms with E-state index in [1.165, 1.54) is 0 Å². The smallest absolute Gasteiger partial charge is 0.216 e. The highest BCUT2D eigenvalue weighted by atomic mass is 35.5. The molecular weight excluding hydrogens is 393 g/mol. The fourth-order valence-electron chi connectivity index (χ4n) is 2.52. The van der Waals surface area contributed by atoms with Crippen LogP contribution in [0.2, 0.25) is 10.0 Å². The van der Waals surface area contributed by atoms with E-state index in [9.17, 15) is 8.42 Å². The summed E-state index contributed by atoms with van der Waals surface area (Å²) in [5.41, 5.74) is 2.55. The Balaban J connectivity index is 1.63. The molecule has 0 amide bonds. The van der Waals surface area contributed by atoms with Gasteiger partial charge in [-0.2, -0.15) is 0 Å². The lowest BCUT2D eigenvalue weighted by molar-refractivity contribution is 0.580. The zero-order valence-corrected chi connectivity index (χ0v) is 16.1. The third-order valence-corrected chi connectivity index (χ3v) is 5.79. The van der Waals surface area contributed by atoms with Gasteiger partial charge in [0.1, 0.15) is 0 Å². The van der Waals surface area contributed by atoms with E-state index >= 15 is 0 Å². The summed E-state index contributed by atoms with van der Waals surface area (Å²) in [6.45, 7) is 0.908. The molecular formula is C18H17Cl2N3O2S. The Hall–Kier alpha value is -1.86. The van der Waals surface area contributed by atoms with Crippen molar-refractivity contribution in [1.29, 1.82) is 0 Å². The van der Waals surface area contributed by atoms with Crippen molar-refractivity contribution in [3.05, 3.63) is 87.9 Å². The van der Waals surface area contributed by atoms with Gasteiger partial charge >= 0.3 is 0 Å². The van der Waals surface area contributed by atoms with Gasteiger partial charge in [-0.3, -0.25) is 0 Å². The van der Waals surface area contributed by atoms with E-state index in [0.29, 0.717) is 22.2 Å². The van der Waals surface area contributed by atoms with Crippen LogP contribution in [0.25, 0.3) is 0 Å². The third kappa shape index (κ3) is 5.32. The molecule has 0 aliphatic carbocycles. The molecule has 3 rings (SSSR count). The van der Waals surface area contributed by atoms with Gasteiger partial charge in [-0.05, 0) is 28.8 Å². The summed E-state index contributed by atoms with van der Waals surface area (Å²) in [4.78, 5) is 4.01. The van der Waals surface area contributed by atoms with E-state index in [2.05, 4.69) is 9.71 Å². The van der Waals surface area contributed by atoms with Gasteiger partial charge in [0.05, 0.1) is 22.1 Å². The first-order valence-corrected chi connectivity index (χ1v) is 10.3. The van der Waals surface area contributed by atoms with E-state index in [1.54, 1.807) is 30.7 Å². The maximum atomic E-state index is 12.3. The fraction of sp³-hybridized carbons (Fsp3) is 0.167. The maximum absolute atomic E-state index is 12.3. The third-order valence-electron chi connectivity index (χ3n) is 3.75. The lowest BCUT2D eigenvalue weighted by Gasteiger charge is -2.09. The SMILES string of the molecule is O=S(=O)(Cc1ccc(Cl)c(Cl)c1)NCc1cccc(Cn2ccnc2)c1. The van der Waals surface area contributed by atoms with Crippen molar-refractivity contribution in [2.24, 2.45) is 0 Å². The second-order valence-corrected chi connectivity index (χ2v) is 8.50. The molecule has 5 nitrogen and oxygen atoms in total. The van der Waals surface area contributed by atoms with Gasteiger partial charge in [-0.15, -0.1) is 0 Å². The molecule has 0 aliphatic heterocycles. The van der Waals surface area contributed by atoms with Crippen molar-refractivity contribution in [2.75, 3.05) is 0 Å². The van der Waals surface area contributed by atoms with E-state index in [4.69, 9.17) is 23.2 Å². The number of aromatic nitrogens is 2. The standard InChI is InChI=1S/C18H17Cl2N3O2S/c19-17-5-4-16(9-18(17)20)12-26(24,25)22-10-14-2-1-3-15(8-14)11-23-7-6-21-13-23/h1-9,13,22H,10-12H2. The normalized spacial score (nSPS) is 11.6. The molecule has 1 aromatic heterocycles. The fourth-order valence-corrected chi connectivity index (χ4v) is 3.95. The van der Waals surface area contributed by atoms with Gasteiger partial charge < -0.3 is 4.57 Å². The zero-order valence-electron chi connectivity index (χ0n) is 13.8. The Morgan fingerprint density at radius 1 is 1.00 bits per heavy atom. The molecule has 0 unspecified atom stereocenters. The Bertz CT molecular complexity index is 989. The minimum atomic E-state index is -3.49.